The second-order valence-electron chi connectivity index (χ2n) is 5.60. The average molecular weight is 338 g/mol. The predicted octanol–water partition coefficient (Wildman–Crippen LogP) is 0.787. The highest BCUT2D eigenvalue weighted by molar-refractivity contribution is 5.43. The van der Waals surface area contributed by atoms with Gasteiger partial charge in [0, 0.05) is 38.4 Å². The SMILES string of the molecule is COc1ccnc(N2CCN(c3nnnn3-c3ccccc3)CC2)n1. The molecule has 3 heterocycles. The Morgan fingerprint density at radius 2 is 1.72 bits per heavy atom. The van der Waals surface area contributed by atoms with Gasteiger partial charge in [0.15, 0.2) is 0 Å². The molecule has 3 aromatic rings. The van der Waals surface area contributed by atoms with Crippen LogP contribution in [0.3, 0.4) is 0 Å². The molecule has 1 saturated heterocycles. The van der Waals surface area contributed by atoms with E-state index in [4.69, 9.17) is 4.74 Å². The number of hydrogen-bond acceptors (Lipinski definition) is 8. The standard InChI is InChI=1S/C16H18N8O/c1-25-14-7-8-17-15(18-14)22-9-11-23(12-10-22)16-19-20-21-24(16)13-5-3-2-4-6-13/h2-8H,9-12H2,1H3. The minimum atomic E-state index is 0.570. The van der Waals surface area contributed by atoms with Crippen LogP contribution < -0.4 is 14.5 Å². The molecule has 0 spiro atoms. The van der Waals surface area contributed by atoms with Gasteiger partial charge in [-0.2, -0.15) is 9.67 Å². The van der Waals surface area contributed by atoms with Crippen LogP contribution in [0.5, 0.6) is 5.88 Å². The Morgan fingerprint density at radius 3 is 2.48 bits per heavy atom. The van der Waals surface area contributed by atoms with Crippen molar-refractivity contribution in [3.63, 3.8) is 0 Å². The normalized spacial score (nSPS) is 14.6. The van der Waals surface area contributed by atoms with Crippen molar-refractivity contribution in [3.05, 3.63) is 42.6 Å². The van der Waals surface area contributed by atoms with Crippen molar-refractivity contribution in [2.75, 3.05) is 43.1 Å². The quantitative estimate of drug-likeness (QED) is 0.690. The molecule has 25 heavy (non-hydrogen) atoms. The van der Waals surface area contributed by atoms with E-state index in [-0.39, 0.29) is 0 Å². The highest BCUT2D eigenvalue weighted by Crippen LogP contribution is 2.19. The van der Waals surface area contributed by atoms with Gasteiger partial charge >= 0.3 is 0 Å². The van der Waals surface area contributed by atoms with Crippen LogP contribution in [0.15, 0.2) is 42.6 Å². The summed E-state index contributed by atoms with van der Waals surface area (Å²) in [5.74, 6) is 2.00. The fraction of sp³-hybridized carbons (Fsp3) is 0.312. The maximum Gasteiger partial charge on any atom is 0.250 e. The number of ether oxygens (including phenoxy) is 1. The monoisotopic (exact) mass is 338 g/mol. The van der Waals surface area contributed by atoms with Crippen molar-refractivity contribution in [1.82, 2.24) is 30.2 Å². The molecule has 0 bridgehead atoms. The molecule has 1 fully saturated rings. The van der Waals surface area contributed by atoms with Crippen molar-refractivity contribution >= 4 is 11.9 Å². The summed E-state index contributed by atoms with van der Waals surface area (Å²) >= 11 is 0. The minimum absolute atomic E-state index is 0.570. The largest absolute Gasteiger partial charge is 0.481 e. The van der Waals surface area contributed by atoms with Crippen LogP contribution in [-0.2, 0) is 0 Å². The molecule has 0 amide bonds. The minimum Gasteiger partial charge on any atom is -0.481 e. The number of para-hydroxylation sites is 1. The van der Waals surface area contributed by atoms with Gasteiger partial charge in [-0.05, 0) is 22.6 Å². The summed E-state index contributed by atoms with van der Waals surface area (Å²) in [7, 11) is 1.60. The molecule has 0 N–H and O–H groups in total. The summed E-state index contributed by atoms with van der Waals surface area (Å²) in [6, 6.07) is 11.6. The first kappa shape index (κ1) is 15.3. The third-order valence-electron chi connectivity index (χ3n) is 4.13. The molecule has 0 atom stereocenters. The summed E-state index contributed by atoms with van der Waals surface area (Å²) in [6.45, 7) is 3.14. The molecular formula is C16H18N8O. The van der Waals surface area contributed by atoms with Crippen LogP contribution in [0.2, 0.25) is 0 Å². The van der Waals surface area contributed by atoms with Gasteiger partial charge in [-0.3, -0.25) is 0 Å². The molecule has 1 aliphatic heterocycles. The van der Waals surface area contributed by atoms with E-state index in [2.05, 4.69) is 35.3 Å². The number of rotatable bonds is 4. The zero-order valence-corrected chi connectivity index (χ0v) is 13.9. The Bertz CT molecular complexity index is 829. The number of benzene rings is 1. The molecule has 0 radical (unpaired) electrons. The van der Waals surface area contributed by atoms with Gasteiger partial charge in [0.2, 0.25) is 17.8 Å². The van der Waals surface area contributed by atoms with E-state index in [1.807, 2.05) is 30.3 Å². The number of hydrogen-bond donors (Lipinski definition) is 0. The van der Waals surface area contributed by atoms with Gasteiger partial charge in [0.05, 0.1) is 12.8 Å². The first-order chi connectivity index (χ1) is 12.3. The molecule has 0 saturated carbocycles. The lowest BCUT2D eigenvalue weighted by Crippen LogP contribution is -2.48. The van der Waals surface area contributed by atoms with Gasteiger partial charge in [-0.1, -0.05) is 23.3 Å². The third-order valence-corrected chi connectivity index (χ3v) is 4.13. The molecule has 1 aromatic carbocycles. The maximum absolute atomic E-state index is 5.17. The highest BCUT2D eigenvalue weighted by atomic mass is 16.5. The molecule has 0 aliphatic carbocycles. The number of tetrazole rings is 1. The number of nitrogens with zero attached hydrogens (tertiary/aromatic N) is 8. The van der Waals surface area contributed by atoms with Crippen molar-refractivity contribution in [2.45, 2.75) is 0 Å². The lowest BCUT2D eigenvalue weighted by Gasteiger charge is -2.34. The Hall–Kier alpha value is -3.23. The van der Waals surface area contributed by atoms with Gasteiger partial charge < -0.3 is 14.5 Å². The van der Waals surface area contributed by atoms with E-state index < -0.39 is 0 Å². The van der Waals surface area contributed by atoms with E-state index in [1.165, 1.54) is 0 Å². The lowest BCUT2D eigenvalue weighted by molar-refractivity contribution is 0.396. The second-order valence-corrected chi connectivity index (χ2v) is 5.60. The number of anilines is 2. The number of methoxy groups -OCH3 is 1. The van der Waals surface area contributed by atoms with E-state index >= 15 is 0 Å². The van der Waals surface area contributed by atoms with Crippen LogP contribution in [0, 0.1) is 0 Å². The summed E-state index contributed by atoms with van der Waals surface area (Å²) in [6.07, 6.45) is 1.71. The van der Waals surface area contributed by atoms with Crippen LogP contribution >= 0.6 is 0 Å². The average Bonchev–Trinajstić information content (AvgIpc) is 3.19. The summed E-state index contributed by atoms with van der Waals surface area (Å²) in [4.78, 5) is 13.0. The second kappa shape index (κ2) is 6.71. The third kappa shape index (κ3) is 3.08. The van der Waals surface area contributed by atoms with Crippen LogP contribution in [0.4, 0.5) is 11.9 Å². The van der Waals surface area contributed by atoms with Crippen molar-refractivity contribution < 1.29 is 4.74 Å². The van der Waals surface area contributed by atoms with Crippen molar-refractivity contribution in [3.8, 4) is 11.6 Å². The molecular weight excluding hydrogens is 320 g/mol. The van der Waals surface area contributed by atoms with E-state index in [1.54, 1.807) is 24.1 Å². The lowest BCUT2D eigenvalue weighted by atomic mass is 10.3. The summed E-state index contributed by atoms with van der Waals surface area (Å²) < 4.78 is 6.93. The number of aromatic nitrogens is 6. The maximum atomic E-state index is 5.17. The van der Waals surface area contributed by atoms with Gasteiger partial charge in [-0.25, -0.2) is 4.98 Å². The van der Waals surface area contributed by atoms with E-state index in [9.17, 15) is 0 Å². The van der Waals surface area contributed by atoms with Crippen LogP contribution in [0.25, 0.3) is 5.69 Å². The van der Waals surface area contributed by atoms with Crippen molar-refractivity contribution in [1.29, 1.82) is 0 Å². The van der Waals surface area contributed by atoms with Crippen LogP contribution in [0.1, 0.15) is 0 Å². The zero-order valence-electron chi connectivity index (χ0n) is 13.9. The predicted molar refractivity (Wildman–Crippen MR) is 92.2 cm³/mol. The smallest absolute Gasteiger partial charge is 0.250 e. The molecule has 128 valence electrons. The Labute approximate surface area is 144 Å². The molecule has 0 unspecified atom stereocenters. The first-order valence-electron chi connectivity index (χ1n) is 8.06. The molecule has 9 nitrogen and oxygen atoms in total. The molecule has 4 rings (SSSR count). The Balaban J connectivity index is 1.49. The Kier molecular flexibility index (Phi) is 4.11. The molecule has 2 aromatic heterocycles. The fourth-order valence-corrected chi connectivity index (χ4v) is 2.82. The molecule has 1 aliphatic rings. The van der Waals surface area contributed by atoms with Gasteiger partial charge in [0.1, 0.15) is 0 Å². The zero-order chi connectivity index (χ0) is 17.1. The van der Waals surface area contributed by atoms with Crippen molar-refractivity contribution in [2.24, 2.45) is 0 Å². The Morgan fingerprint density at radius 1 is 0.960 bits per heavy atom. The summed E-state index contributed by atoms with van der Waals surface area (Å²) in [5, 5.41) is 12.2. The van der Waals surface area contributed by atoms with E-state index in [0.29, 0.717) is 11.8 Å². The van der Waals surface area contributed by atoms with Crippen LogP contribution in [-0.4, -0.2) is 63.5 Å². The van der Waals surface area contributed by atoms with Gasteiger partial charge in [0.25, 0.3) is 0 Å². The number of piperazine rings is 1. The fourth-order valence-electron chi connectivity index (χ4n) is 2.82. The van der Waals surface area contributed by atoms with Gasteiger partial charge in [-0.15, -0.1) is 0 Å². The first-order valence-corrected chi connectivity index (χ1v) is 8.06. The molecule has 9 heteroatoms. The topological polar surface area (TPSA) is 85.1 Å². The summed E-state index contributed by atoms with van der Waals surface area (Å²) in [5.41, 5.74) is 0.945. The van der Waals surface area contributed by atoms with E-state index in [0.717, 1.165) is 37.8 Å². The highest BCUT2D eigenvalue weighted by Gasteiger charge is 2.23.